The Morgan fingerprint density at radius 2 is 1.92 bits per heavy atom. The predicted molar refractivity (Wildman–Crippen MR) is 119 cm³/mol. The van der Waals surface area contributed by atoms with E-state index >= 15 is 0 Å². The highest BCUT2D eigenvalue weighted by Crippen LogP contribution is 2.11. The third-order valence-electron chi connectivity index (χ3n) is 3.91. The van der Waals surface area contributed by atoms with Crippen molar-refractivity contribution in [2.45, 2.75) is 27.3 Å². The zero-order valence-electron chi connectivity index (χ0n) is 16.0. The lowest BCUT2D eigenvalue weighted by atomic mass is 10.2. The molecule has 1 aromatic carbocycles. The highest BCUT2D eigenvalue weighted by molar-refractivity contribution is 14.0. The summed E-state index contributed by atoms with van der Waals surface area (Å²) in [7, 11) is 2.02. The number of ether oxygens (including phenoxy) is 1. The lowest BCUT2D eigenvalue weighted by Crippen LogP contribution is -2.40. The normalized spacial score (nSPS) is 10.8. The molecule has 0 unspecified atom stereocenters. The smallest absolute Gasteiger partial charge is 0.194 e. The highest BCUT2D eigenvalue weighted by atomic mass is 127. The summed E-state index contributed by atoms with van der Waals surface area (Å²) in [5.41, 5.74) is 3.39. The van der Waals surface area contributed by atoms with Crippen LogP contribution in [0.1, 0.15) is 23.7 Å². The van der Waals surface area contributed by atoms with Gasteiger partial charge in [-0.1, -0.05) is 23.8 Å². The average Bonchev–Trinajstić information content (AvgIpc) is 2.61. The van der Waals surface area contributed by atoms with Gasteiger partial charge in [0, 0.05) is 19.8 Å². The lowest BCUT2D eigenvalue weighted by molar-refractivity contribution is 0.281. The van der Waals surface area contributed by atoms with E-state index in [0.29, 0.717) is 13.2 Å². The number of nitrogens with zero attached hydrogens (tertiary/aromatic N) is 3. The Bertz CT molecular complexity index is 688. The van der Waals surface area contributed by atoms with Crippen molar-refractivity contribution < 1.29 is 4.74 Å². The van der Waals surface area contributed by atoms with E-state index in [4.69, 9.17) is 9.73 Å². The quantitative estimate of drug-likeness (QED) is 0.382. The molecule has 0 fully saturated rings. The van der Waals surface area contributed by atoms with E-state index in [1.165, 1.54) is 5.56 Å². The number of likely N-dealkylation sites (N-methyl/N-ethyl adjacent to an activating group) is 1. The van der Waals surface area contributed by atoms with E-state index in [9.17, 15) is 0 Å². The Morgan fingerprint density at radius 3 is 2.58 bits per heavy atom. The Labute approximate surface area is 173 Å². The summed E-state index contributed by atoms with van der Waals surface area (Å²) in [5, 5.41) is 3.32. The summed E-state index contributed by atoms with van der Waals surface area (Å²) in [6, 6.07) is 12.1. The van der Waals surface area contributed by atoms with Crippen LogP contribution in [0.2, 0.25) is 0 Å². The topological polar surface area (TPSA) is 49.8 Å². The van der Waals surface area contributed by atoms with Crippen molar-refractivity contribution in [2.75, 3.05) is 26.7 Å². The molecule has 0 bridgehead atoms. The van der Waals surface area contributed by atoms with Crippen LogP contribution in [0.25, 0.3) is 0 Å². The molecule has 0 radical (unpaired) electrons. The van der Waals surface area contributed by atoms with Gasteiger partial charge in [0.25, 0.3) is 0 Å². The predicted octanol–water partition coefficient (Wildman–Crippen LogP) is 3.79. The fraction of sp³-hybridized carbons (Fsp3) is 0.400. The minimum Gasteiger partial charge on any atom is -0.492 e. The second-order valence-electron chi connectivity index (χ2n) is 6.02. The molecule has 1 aromatic heterocycles. The minimum atomic E-state index is 0. The van der Waals surface area contributed by atoms with E-state index < -0.39 is 0 Å². The van der Waals surface area contributed by atoms with E-state index in [1.54, 1.807) is 0 Å². The Morgan fingerprint density at radius 1 is 1.19 bits per heavy atom. The van der Waals surface area contributed by atoms with Crippen LogP contribution in [0.3, 0.4) is 0 Å². The summed E-state index contributed by atoms with van der Waals surface area (Å²) >= 11 is 0. The van der Waals surface area contributed by atoms with Gasteiger partial charge in [0.1, 0.15) is 12.4 Å². The van der Waals surface area contributed by atoms with Gasteiger partial charge in [0.15, 0.2) is 5.96 Å². The van der Waals surface area contributed by atoms with Crippen LogP contribution in [0.5, 0.6) is 5.75 Å². The SMILES string of the molecule is CCNC(=NCc1ncccc1C)N(C)CCOc1ccc(C)cc1.I. The van der Waals surface area contributed by atoms with Gasteiger partial charge >= 0.3 is 0 Å². The number of aliphatic imine (C=N–C) groups is 1. The molecule has 6 heteroatoms. The van der Waals surface area contributed by atoms with E-state index in [0.717, 1.165) is 36.1 Å². The molecule has 0 amide bonds. The van der Waals surface area contributed by atoms with E-state index in [-0.39, 0.29) is 24.0 Å². The Hall–Kier alpha value is -1.83. The standard InChI is InChI=1S/C20H28N4O.HI/c1-5-21-20(23-15-19-17(3)7-6-12-22-19)24(4)13-14-25-18-10-8-16(2)9-11-18;/h6-12H,5,13-15H2,1-4H3,(H,21,23);1H. The third-order valence-corrected chi connectivity index (χ3v) is 3.91. The van der Waals surface area contributed by atoms with Crippen LogP contribution in [-0.2, 0) is 6.54 Å². The van der Waals surface area contributed by atoms with Crippen LogP contribution in [0, 0.1) is 13.8 Å². The van der Waals surface area contributed by atoms with Crippen molar-refractivity contribution in [3.8, 4) is 5.75 Å². The molecule has 2 rings (SSSR count). The van der Waals surface area contributed by atoms with E-state index in [1.807, 2.05) is 31.4 Å². The van der Waals surface area contributed by atoms with Crippen LogP contribution >= 0.6 is 24.0 Å². The van der Waals surface area contributed by atoms with Crippen molar-refractivity contribution in [3.63, 3.8) is 0 Å². The summed E-state index contributed by atoms with van der Waals surface area (Å²) in [6.07, 6.45) is 1.81. The van der Waals surface area contributed by atoms with Crippen LogP contribution in [0.4, 0.5) is 0 Å². The number of rotatable bonds is 7. The third kappa shape index (κ3) is 7.19. The molecule has 1 heterocycles. The molecule has 0 saturated heterocycles. The molecular formula is C20H29IN4O. The number of benzene rings is 1. The number of aryl methyl sites for hydroxylation is 2. The van der Waals surface area contributed by atoms with Gasteiger partial charge in [0.05, 0.1) is 18.8 Å². The van der Waals surface area contributed by atoms with Crippen molar-refractivity contribution >= 4 is 29.9 Å². The molecule has 0 atom stereocenters. The number of hydrogen-bond acceptors (Lipinski definition) is 3. The zero-order chi connectivity index (χ0) is 18.1. The van der Waals surface area contributed by atoms with Gasteiger partial charge in [-0.2, -0.15) is 0 Å². The molecule has 0 aliphatic carbocycles. The number of hydrogen-bond donors (Lipinski definition) is 1. The molecule has 142 valence electrons. The summed E-state index contributed by atoms with van der Waals surface area (Å²) in [5.74, 6) is 1.75. The minimum absolute atomic E-state index is 0. The number of aromatic nitrogens is 1. The van der Waals surface area contributed by atoms with Gasteiger partial charge in [-0.05, 0) is 44.5 Å². The fourth-order valence-electron chi connectivity index (χ4n) is 2.34. The van der Waals surface area contributed by atoms with Crippen LogP contribution in [0.15, 0.2) is 47.6 Å². The number of guanidine groups is 1. The summed E-state index contributed by atoms with van der Waals surface area (Å²) in [4.78, 5) is 11.2. The van der Waals surface area contributed by atoms with Crippen LogP contribution < -0.4 is 10.1 Å². The molecule has 2 aromatic rings. The summed E-state index contributed by atoms with van der Waals surface area (Å²) < 4.78 is 5.81. The molecule has 0 aliphatic heterocycles. The maximum Gasteiger partial charge on any atom is 0.194 e. The molecular weight excluding hydrogens is 439 g/mol. The molecule has 1 N–H and O–H groups in total. The Balaban J connectivity index is 0.00000338. The maximum atomic E-state index is 5.81. The molecule has 26 heavy (non-hydrogen) atoms. The van der Waals surface area contributed by atoms with Gasteiger partial charge in [-0.15, -0.1) is 24.0 Å². The monoisotopic (exact) mass is 468 g/mol. The average molecular weight is 468 g/mol. The van der Waals surface area contributed by atoms with Gasteiger partial charge < -0.3 is 15.0 Å². The second-order valence-corrected chi connectivity index (χ2v) is 6.02. The maximum absolute atomic E-state index is 5.81. The molecule has 0 aliphatic rings. The first kappa shape index (κ1) is 22.2. The lowest BCUT2D eigenvalue weighted by Gasteiger charge is -2.22. The van der Waals surface area contributed by atoms with Crippen LogP contribution in [-0.4, -0.2) is 42.6 Å². The van der Waals surface area contributed by atoms with Crippen molar-refractivity contribution in [1.29, 1.82) is 0 Å². The first-order chi connectivity index (χ1) is 12.1. The van der Waals surface area contributed by atoms with Gasteiger partial charge in [-0.25, -0.2) is 4.99 Å². The van der Waals surface area contributed by atoms with Gasteiger partial charge in [0.2, 0.25) is 0 Å². The highest BCUT2D eigenvalue weighted by Gasteiger charge is 2.07. The number of halogens is 1. The molecule has 0 spiro atoms. The van der Waals surface area contributed by atoms with Crippen molar-refractivity contribution in [1.82, 2.24) is 15.2 Å². The number of nitrogens with one attached hydrogen (secondary N) is 1. The van der Waals surface area contributed by atoms with Gasteiger partial charge in [-0.3, -0.25) is 4.98 Å². The molecule has 0 saturated carbocycles. The Kier molecular flexibility index (Phi) is 10.0. The fourth-order valence-corrected chi connectivity index (χ4v) is 2.34. The second kappa shape index (κ2) is 11.7. The number of pyridine rings is 1. The first-order valence-corrected chi connectivity index (χ1v) is 8.69. The van der Waals surface area contributed by atoms with E-state index in [2.05, 4.69) is 54.2 Å². The zero-order valence-corrected chi connectivity index (χ0v) is 18.4. The largest absolute Gasteiger partial charge is 0.492 e. The van der Waals surface area contributed by atoms with Crippen molar-refractivity contribution in [2.24, 2.45) is 4.99 Å². The molecule has 5 nitrogen and oxygen atoms in total. The first-order valence-electron chi connectivity index (χ1n) is 8.69. The summed E-state index contributed by atoms with van der Waals surface area (Å²) in [6.45, 7) is 8.94. The van der Waals surface area contributed by atoms with Crippen molar-refractivity contribution in [3.05, 3.63) is 59.4 Å².